The summed E-state index contributed by atoms with van der Waals surface area (Å²) >= 11 is 0. The molecular weight excluding hydrogens is 675 g/mol. The van der Waals surface area contributed by atoms with Crippen LogP contribution in [0, 0.1) is 0 Å². The van der Waals surface area contributed by atoms with Gasteiger partial charge >= 0.3 is 0 Å². The average Bonchev–Trinajstić information content (AvgIpc) is 3.50. The van der Waals surface area contributed by atoms with Crippen molar-refractivity contribution >= 4 is 27.8 Å². The van der Waals surface area contributed by atoms with Gasteiger partial charge < -0.3 is 4.90 Å². The third-order valence-corrected chi connectivity index (χ3v) is 11.6. The lowest BCUT2D eigenvalue weighted by Crippen LogP contribution is -2.17. The highest BCUT2D eigenvalue weighted by molar-refractivity contribution is 6.06. The first-order chi connectivity index (χ1) is 27.5. The van der Waals surface area contributed by atoms with Crippen LogP contribution in [0.4, 0.5) is 17.1 Å². The molecule has 1 heteroatoms. The van der Waals surface area contributed by atoms with E-state index in [1.165, 1.54) is 77.5 Å². The molecule has 0 N–H and O–H groups in total. The maximum Gasteiger partial charge on any atom is 0.0474 e. The first-order valence-electron chi connectivity index (χ1n) is 19.5. The number of anilines is 3. The molecule has 0 bridgehead atoms. The molecule has 1 aliphatic carbocycles. The number of fused-ring (bicyclic) bond motifs is 4. The van der Waals surface area contributed by atoms with Crippen LogP contribution in [0.5, 0.6) is 0 Å². The second kappa shape index (κ2) is 13.7. The highest BCUT2D eigenvalue weighted by Crippen LogP contribution is 2.54. The summed E-state index contributed by atoms with van der Waals surface area (Å²) in [7, 11) is 0. The van der Waals surface area contributed by atoms with E-state index in [1.807, 2.05) is 0 Å². The van der Waals surface area contributed by atoms with E-state index in [2.05, 4.69) is 231 Å². The fourth-order valence-electron chi connectivity index (χ4n) is 9.00. The monoisotopic (exact) mass is 715 g/mol. The lowest BCUT2D eigenvalue weighted by atomic mass is 9.78. The second-order valence-corrected chi connectivity index (χ2v) is 15.3. The number of hydrogen-bond acceptors (Lipinski definition) is 1. The van der Waals surface area contributed by atoms with E-state index in [1.54, 1.807) is 0 Å². The highest BCUT2D eigenvalue weighted by Gasteiger charge is 2.38. The van der Waals surface area contributed by atoms with Gasteiger partial charge in [0.1, 0.15) is 0 Å². The van der Waals surface area contributed by atoms with Crippen LogP contribution in [-0.4, -0.2) is 0 Å². The molecule has 266 valence electrons. The van der Waals surface area contributed by atoms with Crippen LogP contribution in [0.25, 0.3) is 66.4 Å². The Kier molecular flexibility index (Phi) is 8.23. The Morgan fingerprint density at radius 3 is 1.34 bits per heavy atom. The van der Waals surface area contributed by atoms with Crippen molar-refractivity contribution in [2.24, 2.45) is 0 Å². The second-order valence-electron chi connectivity index (χ2n) is 15.3. The van der Waals surface area contributed by atoms with Gasteiger partial charge in [-0.15, -0.1) is 0 Å². The quantitative estimate of drug-likeness (QED) is 0.159. The lowest BCUT2D eigenvalue weighted by molar-refractivity contribution is 0.662. The van der Waals surface area contributed by atoms with Gasteiger partial charge in [-0.2, -0.15) is 0 Å². The van der Waals surface area contributed by atoms with E-state index >= 15 is 0 Å². The van der Waals surface area contributed by atoms with Gasteiger partial charge in [0.2, 0.25) is 0 Å². The molecule has 0 amide bonds. The van der Waals surface area contributed by atoms with Crippen LogP contribution in [0.1, 0.15) is 25.0 Å². The Morgan fingerprint density at radius 1 is 0.321 bits per heavy atom. The zero-order chi connectivity index (χ0) is 37.6. The highest BCUT2D eigenvalue weighted by atomic mass is 15.1. The number of benzene rings is 9. The van der Waals surface area contributed by atoms with Crippen LogP contribution in [0.3, 0.4) is 0 Å². The molecule has 0 heterocycles. The van der Waals surface area contributed by atoms with Gasteiger partial charge in [0.15, 0.2) is 0 Å². The van der Waals surface area contributed by atoms with E-state index in [-0.39, 0.29) is 5.41 Å². The first-order valence-corrected chi connectivity index (χ1v) is 19.5. The predicted molar refractivity (Wildman–Crippen MR) is 238 cm³/mol. The van der Waals surface area contributed by atoms with Crippen molar-refractivity contribution in [2.75, 3.05) is 4.90 Å². The standard InChI is InChI=1S/C55H41N/c1-55(2)52-27-13-12-24-49(52)51-37-46(36-50(54(51)55)41-20-10-5-11-21-41)56(44-32-28-39(29-33-44)38-16-6-3-7-17-38)45-34-30-42(31-35-45)48-26-15-23-43-22-14-25-47(53(43)48)40-18-8-4-9-19-40/h3-37H,1-2H3. The van der Waals surface area contributed by atoms with Gasteiger partial charge in [-0.25, -0.2) is 0 Å². The molecule has 9 aromatic rings. The summed E-state index contributed by atoms with van der Waals surface area (Å²) in [5.41, 5.74) is 18.4. The Labute approximate surface area is 329 Å². The normalized spacial score (nSPS) is 12.6. The van der Waals surface area contributed by atoms with Gasteiger partial charge in [-0.05, 0) is 114 Å². The van der Waals surface area contributed by atoms with E-state index in [0.717, 1.165) is 17.1 Å². The van der Waals surface area contributed by atoms with Crippen molar-refractivity contribution in [1.82, 2.24) is 0 Å². The van der Waals surface area contributed by atoms with Crippen molar-refractivity contribution in [1.29, 1.82) is 0 Å². The summed E-state index contributed by atoms with van der Waals surface area (Å²) in [6, 6.07) is 77.5. The average molecular weight is 716 g/mol. The third-order valence-electron chi connectivity index (χ3n) is 11.6. The van der Waals surface area contributed by atoms with Gasteiger partial charge in [-0.3, -0.25) is 0 Å². The van der Waals surface area contributed by atoms with Crippen molar-refractivity contribution in [3.63, 3.8) is 0 Å². The molecule has 0 saturated carbocycles. The summed E-state index contributed by atoms with van der Waals surface area (Å²) in [6.07, 6.45) is 0. The third kappa shape index (κ3) is 5.72. The number of rotatable bonds is 7. The van der Waals surface area contributed by atoms with Crippen LogP contribution in [0.2, 0.25) is 0 Å². The smallest absolute Gasteiger partial charge is 0.0474 e. The van der Waals surface area contributed by atoms with Gasteiger partial charge in [0.05, 0.1) is 0 Å². The first kappa shape index (κ1) is 33.6. The molecule has 0 radical (unpaired) electrons. The van der Waals surface area contributed by atoms with Crippen molar-refractivity contribution < 1.29 is 0 Å². The fraction of sp³-hybridized carbons (Fsp3) is 0.0545. The summed E-state index contributed by atoms with van der Waals surface area (Å²) < 4.78 is 0. The minimum Gasteiger partial charge on any atom is -0.310 e. The van der Waals surface area contributed by atoms with Crippen LogP contribution >= 0.6 is 0 Å². The minimum atomic E-state index is -0.142. The molecule has 56 heavy (non-hydrogen) atoms. The van der Waals surface area contributed by atoms with Gasteiger partial charge in [0.25, 0.3) is 0 Å². The van der Waals surface area contributed by atoms with Crippen molar-refractivity contribution in [3.8, 4) is 55.6 Å². The predicted octanol–water partition coefficient (Wildman–Crippen LogP) is 15.3. The molecule has 0 unspecified atom stereocenters. The topological polar surface area (TPSA) is 3.24 Å². The molecular formula is C55H41N. The zero-order valence-electron chi connectivity index (χ0n) is 31.7. The van der Waals surface area contributed by atoms with E-state index in [9.17, 15) is 0 Å². The maximum absolute atomic E-state index is 2.43. The molecule has 1 nitrogen and oxygen atoms in total. The molecule has 0 saturated heterocycles. The molecule has 0 spiro atoms. The van der Waals surface area contributed by atoms with Crippen LogP contribution < -0.4 is 4.90 Å². The summed E-state index contributed by atoms with van der Waals surface area (Å²) in [6.45, 7) is 4.75. The van der Waals surface area contributed by atoms with Crippen LogP contribution in [0.15, 0.2) is 212 Å². The fourth-order valence-corrected chi connectivity index (χ4v) is 9.00. The molecule has 10 rings (SSSR count). The Morgan fingerprint density at radius 2 is 0.750 bits per heavy atom. The van der Waals surface area contributed by atoms with E-state index < -0.39 is 0 Å². The van der Waals surface area contributed by atoms with Crippen LogP contribution in [-0.2, 0) is 5.41 Å². The molecule has 0 aliphatic heterocycles. The molecule has 1 aliphatic rings. The summed E-state index contributed by atoms with van der Waals surface area (Å²) in [5.74, 6) is 0. The number of nitrogens with zero attached hydrogens (tertiary/aromatic N) is 1. The van der Waals surface area contributed by atoms with Gasteiger partial charge in [0, 0.05) is 22.5 Å². The molecule has 0 aromatic heterocycles. The maximum atomic E-state index is 2.43. The number of hydrogen-bond donors (Lipinski definition) is 0. The van der Waals surface area contributed by atoms with Gasteiger partial charge in [-0.1, -0.05) is 190 Å². The lowest BCUT2D eigenvalue weighted by Gasteiger charge is -2.29. The van der Waals surface area contributed by atoms with E-state index in [4.69, 9.17) is 0 Å². The Hall–Kier alpha value is -6.96. The minimum absolute atomic E-state index is 0.142. The molecule has 9 aromatic carbocycles. The SMILES string of the molecule is CC1(C)c2ccccc2-c2cc(N(c3ccc(-c4ccccc4)cc3)c3ccc(-c4cccc5cccc(-c6ccccc6)c45)cc3)cc(-c3ccccc3)c21. The van der Waals surface area contributed by atoms with E-state index in [0.29, 0.717) is 0 Å². The zero-order valence-corrected chi connectivity index (χ0v) is 31.7. The summed E-state index contributed by atoms with van der Waals surface area (Å²) in [4.78, 5) is 2.43. The van der Waals surface area contributed by atoms with Crippen molar-refractivity contribution in [3.05, 3.63) is 223 Å². The Balaban J connectivity index is 1.16. The largest absolute Gasteiger partial charge is 0.310 e. The molecule has 0 atom stereocenters. The Bertz CT molecular complexity index is 2830. The summed E-state index contributed by atoms with van der Waals surface area (Å²) in [5, 5.41) is 2.51. The van der Waals surface area contributed by atoms with Crippen molar-refractivity contribution in [2.45, 2.75) is 19.3 Å². The molecule has 0 fully saturated rings.